The van der Waals surface area contributed by atoms with Crippen LogP contribution in [0.2, 0.25) is 0 Å². The molecule has 0 spiro atoms. The molecular weight excluding hydrogens is 126 g/mol. The summed E-state index contributed by atoms with van der Waals surface area (Å²) in [7, 11) is 0. The summed E-state index contributed by atoms with van der Waals surface area (Å²) in [5, 5.41) is 6.90. The number of nitrogens with zero attached hydrogens (tertiary/aromatic N) is 1. The van der Waals surface area contributed by atoms with Gasteiger partial charge in [0.1, 0.15) is 5.82 Å². The van der Waals surface area contributed by atoms with Gasteiger partial charge in [0.25, 0.3) is 0 Å². The molecule has 0 saturated heterocycles. The topological polar surface area (TPSA) is 54.7 Å². The second-order valence-corrected chi connectivity index (χ2v) is 2.77. The van der Waals surface area contributed by atoms with E-state index >= 15 is 0 Å². The van der Waals surface area contributed by atoms with Crippen molar-refractivity contribution in [1.82, 2.24) is 10.2 Å². The monoisotopic (exact) mass is 137 g/mol. The molecule has 3 heteroatoms. The SMILES string of the molecule is Nc1n[nH]c2c1CCCC2. The van der Waals surface area contributed by atoms with Crippen LogP contribution in [0.4, 0.5) is 5.82 Å². The third kappa shape index (κ3) is 0.701. The first-order valence-corrected chi connectivity index (χ1v) is 3.69. The number of nitrogens with one attached hydrogen (secondary N) is 1. The third-order valence-corrected chi connectivity index (χ3v) is 2.09. The molecule has 0 radical (unpaired) electrons. The molecule has 1 aliphatic carbocycles. The van der Waals surface area contributed by atoms with E-state index in [1.807, 2.05) is 0 Å². The highest BCUT2D eigenvalue weighted by atomic mass is 15.2. The maximum atomic E-state index is 5.62. The lowest BCUT2D eigenvalue weighted by Gasteiger charge is -2.08. The maximum Gasteiger partial charge on any atom is 0.148 e. The third-order valence-electron chi connectivity index (χ3n) is 2.09. The smallest absolute Gasteiger partial charge is 0.148 e. The Morgan fingerprint density at radius 3 is 2.90 bits per heavy atom. The van der Waals surface area contributed by atoms with Gasteiger partial charge in [0.15, 0.2) is 0 Å². The first-order chi connectivity index (χ1) is 4.88. The highest BCUT2D eigenvalue weighted by Gasteiger charge is 2.13. The fraction of sp³-hybridized carbons (Fsp3) is 0.571. The Labute approximate surface area is 59.6 Å². The number of hydrogen-bond donors (Lipinski definition) is 2. The van der Waals surface area contributed by atoms with Gasteiger partial charge in [-0.25, -0.2) is 0 Å². The van der Waals surface area contributed by atoms with Gasteiger partial charge in [-0.3, -0.25) is 5.10 Å². The van der Waals surface area contributed by atoms with Gasteiger partial charge < -0.3 is 5.73 Å². The van der Waals surface area contributed by atoms with Crippen LogP contribution < -0.4 is 5.73 Å². The second kappa shape index (κ2) is 2.01. The molecule has 0 unspecified atom stereocenters. The Hall–Kier alpha value is -0.990. The quantitative estimate of drug-likeness (QED) is 0.557. The number of aromatic nitrogens is 2. The van der Waals surface area contributed by atoms with Gasteiger partial charge in [0.2, 0.25) is 0 Å². The molecule has 10 heavy (non-hydrogen) atoms. The van der Waals surface area contributed by atoms with Crippen molar-refractivity contribution < 1.29 is 0 Å². The Bertz CT molecular complexity index is 239. The summed E-state index contributed by atoms with van der Waals surface area (Å²) in [6, 6.07) is 0. The van der Waals surface area contributed by atoms with Gasteiger partial charge in [-0.1, -0.05) is 0 Å². The van der Waals surface area contributed by atoms with Crippen LogP contribution in [0.3, 0.4) is 0 Å². The van der Waals surface area contributed by atoms with Gasteiger partial charge >= 0.3 is 0 Å². The molecule has 3 nitrogen and oxygen atoms in total. The minimum atomic E-state index is 0.703. The summed E-state index contributed by atoms with van der Waals surface area (Å²) in [4.78, 5) is 0. The van der Waals surface area contributed by atoms with Crippen molar-refractivity contribution in [3.05, 3.63) is 11.3 Å². The number of aromatic amines is 1. The van der Waals surface area contributed by atoms with Gasteiger partial charge in [0, 0.05) is 11.3 Å². The van der Waals surface area contributed by atoms with E-state index in [2.05, 4.69) is 10.2 Å². The molecule has 0 bridgehead atoms. The molecule has 0 aromatic carbocycles. The van der Waals surface area contributed by atoms with E-state index in [1.165, 1.54) is 24.1 Å². The molecule has 0 fully saturated rings. The predicted octanol–water partition coefficient (Wildman–Crippen LogP) is 0.871. The lowest BCUT2D eigenvalue weighted by atomic mass is 9.98. The van der Waals surface area contributed by atoms with E-state index < -0.39 is 0 Å². The van der Waals surface area contributed by atoms with Crippen molar-refractivity contribution in [3.8, 4) is 0 Å². The number of nitrogen functional groups attached to an aromatic ring is 1. The summed E-state index contributed by atoms with van der Waals surface area (Å²) < 4.78 is 0. The van der Waals surface area contributed by atoms with E-state index in [-0.39, 0.29) is 0 Å². The minimum absolute atomic E-state index is 0.703. The van der Waals surface area contributed by atoms with Crippen LogP contribution in [0.25, 0.3) is 0 Å². The highest BCUT2D eigenvalue weighted by Crippen LogP contribution is 2.22. The zero-order valence-corrected chi connectivity index (χ0v) is 5.85. The fourth-order valence-electron chi connectivity index (χ4n) is 1.51. The molecule has 2 rings (SSSR count). The molecule has 1 aromatic rings. The number of hydrogen-bond acceptors (Lipinski definition) is 2. The van der Waals surface area contributed by atoms with Crippen LogP contribution >= 0.6 is 0 Å². The molecule has 0 saturated carbocycles. The first kappa shape index (κ1) is 5.77. The molecular formula is C7H11N3. The average molecular weight is 137 g/mol. The molecule has 1 heterocycles. The Morgan fingerprint density at radius 2 is 2.10 bits per heavy atom. The molecule has 0 aliphatic heterocycles. The van der Waals surface area contributed by atoms with Crippen molar-refractivity contribution in [2.24, 2.45) is 0 Å². The normalized spacial score (nSPS) is 16.8. The largest absolute Gasteiger partial charge is 0.382 e. The summed E-state index contributed by atoms with van der Waals surface area (Å²) in [6.45, 7) is 0. The first-order valence-electron chi connectivity index (χ1n) is 3.69. The fourth-order valence-corrected chi connectivity index (χ4v) is 1.51. The molecule has 3 N–H and O–H groups in total. The Balaban J connectivity index is 2.45. The van der Waals surface area contributed by atoms with Crippen LogP contribution in [-0.4, -0.2) is 10.2 Å². The van der Waals surface area contributed by atoms with E-state index in [4.69, 9.17) is 5.73 Å². The van der Waals surface area contributed by atoms with Gasteiger partial charge in [0.05, 0.1) is 0 Å². The van der Waals surface area contributed by atoms with Crippen molar-refractivity contribution in [2.75, 3.05) is 5.73 Å². The molecule has 54 valence electrons. The second-order valence-electron chi connectivity index (χ2n) is 2.77. The van der Waals surface area contributed by atoms with Crippen molar-refractivity contribution >= 4 is 5.82 Å². The summed E-state index contributed by atoms with van der Waals surface area (Å²) in [6.07, 6.45) is 4.77. The van der Waals surface area contributed by atoms with Crippen LogP contribution in [0, 0.1) is 0 Å². The highest BCUT2D eigenvalue weighted by molar-refractivity contribution is 5.42. The summed E-state index contributed by atoms with van der Waals surface area (Å²) in [5.41, 5.74) is 8.13. The van der Waals surface area contributed by atoms with Gasteiger partial charge in [-0.05, 0) is 25.7 Å². The zero-order valence-electron chi connectivity index (χ0n) is 5.85. The Kier molecular flexibility index (Phi) is 1.16. The number of nitrogens with two attached hydrogens (primary N) is 1. The average Bonchev–Trinajstić information content (AvgIpc) is 2.34. The maximum absolute atomic E-state index is 5.62. The predicted molar refractivity (Wildman–Crippen MR) is 39.6 cm³/mol. The Morgan fingerprint density at radius 1 is 1.30 bits per heavy atom. The molecule has 0 atom stereocenters. The zero-order chi connectivity index (χ0) is 6.97. The van der Waals surface area contributed by atoms with Crippen molar-refractivity contribution in [1.29, 1.82) is 0 Å². The van der Waals surface area contributed by atoms with E-state index in [0.29, 0.717) is 5.82 Å². The van der Waals surface area contributed by atoms with Gasteiger partial charge in [-0.15, -0.1) is 0 Å². The number of H-pyrrole nitrogens is 1. The summed E-state index contributed by atoms with van der Waals surface area (Å²) in [5.74, 6) is 0.703. The van der Waals surface area contributed by atoms with Crippen LogP contribution in [0.5, 0.6) is 0 Å². The standard InChI is InChI=1S/C7H11N3/c8-7-5-3-1-2-4-6(5)9-10-7/h1-4H2,(H3,8,9,10). The van der Waals surface area contributed by atoms with Crippen molar-refractivity contribution in [3.63, 3.8) is 0 Å². The van der Waals surface area contributed by atoms with E-state index in [1.54, 1.807) is 0 Å². The van der Waals surface area contributed by atoms with E-state index in [0.717, 1.165) is 12.8 Å². The number of fused-ring (bicyclic) bond motifs is 1. The van der Waals surface area contributed by atoms with Crippen molar-refractivity contribution in [2.45, 2.75) is 25.7 Å². The van der Waals surface area contributed by atoms with Crippen LogP contribution in [0.15, 0.2) is 0 Å². The number of aryl methyl sites for hydroxylation is 1. The number of rotatable bonds is 0. The van der Waals surface area contributed by atoms with Crippen LogP contribution in [0.1, 0.15) is 24.1 Å². The van der Waals surface area contributed by atoms with E-state index in [9.17, 15) is 0 Å². The lowest BCUT2D eigenvalue weighted by molar-refractivity contribution is 0.675. The van der Waals surface area contributed by atoms with Gasteiger partial charge in [-0.2, -0.15) is 5.10 Å². The lowest BCUT2D eigenvalue weighted by Crippen LogP contribution is -2.01. The van der Waals surface area contributed by atoms with Crippen LogP contribution in [-0.2, 0) is 12.8 Å². The molecule has 1 aliphatic rings. The minimum Gasteiger partial charge on any atom is -0.382 e. The molecule has 0 amide bonds. The number of anilines is 1. The summed E-state index contributed by atoms with van der Waals surface area (Å²) >= 11 is 0. The molecule has 1 aromatic heterocycles.